The van der Waals surface area contributed by atoms with Crippen LogP contribution in [0.2, 0.25) is 0 Å². The van der Waals surface area contributed by atoms with Crippen molar-refractivity contribution in [1.82, 2.24) is 4.90 Å². The first kappa shape index (κ1) is 28.8. The van der Waals surface area contributed by atoms with Crippen molar-refractivity contribution in [2.45, 2.75) is 43.4 Å². The molecule has 11 heteroatoms. The van der Waals surface area contributed by atoms with Crippen LogP contribution in [0.4, 0.5) is 16.2 Å². The van der Waals surface area contributed by atoms with Gasteiger partial charge < -0.3 is 15.0 Å². The number of benzene rings is 2. The number of nitrogens with one attached hydrogen (secondary N) is 2. The predicted molar refractivity (Wildman–Crippen MR) is 147 cm³/mol. The third-order valence-corrected chi connectivity index (χ3v) is 9.39. The molecular formula is C26H38N4O5S2. The third kappa shape index (κ3) is 6.95. The number of hydrogen-bond acceptors (Lipinski definition) is 7. The Morgan fingerprint density at radius 2 is 1.86 bits per heavy atom. The standard InChI is InChI=1S/C26H38N4O5S2/c1-6-20-7-9-22(10-8-20)30(17-19(2)3)37(33,34)23-11-12-24(25(15-23)36(5,27)32)28-16-21-13-14-29(18-21)26(31)35-4/h7-12,15,19,21,27-28H,6,13-14,16-18H2,1-5H3. The van der Waals surface area contributed by atoms with Gasteiger partial charge in [-0.2, -0.15) is 0 Å². The largest absolute Gasteiger partial charge is 0.453 e. The van der Waals surface area contributed by atoms with Crippen LogP contribution in [0.5, 0.6) is 0 Å². The molecule has 1 fully saturated rings. The first-order valence-electron chi connectivity index (χ1n) is 12.4. The van der Waals surface area contributed by atoms with Gasteiger partial charge in [0.2, 0.25) is 0 Å². The van der Waals surface area contributed by atoms with Gasteiger partial charge in [-0.3, -0.25) is 4.31 Å². The molecule has 2 N–H and O–H groups in total. The van der Waals surface area contributed by atoms with Crippen LogP contribution in [0.25, 0.3) is 0 Å². The molecule has 1 aliphatic rings. The van der Waals surface area contributed by atoms with Gasteiger partial charge in [0.05, 0.1) is 38.0 Å². The van der Waals surface area contributed by atoms with Crippen molar-refractivity contribution in [1.29, 1.82) is 4.78 Å². The number of rotatable bonds is 10. The summed E-state index contributed by atoms with van der Waals surface area (Å²) < 4.78 is 54.9. The Balaban J connectivity index is 1.91. The molecule has 0 aromatic heterocycles. The Morgan fingerprint density at radius 3 is 2.43 bits per heavy atom. The minimum Gasteiger partial charge on any atom is -0.453 e. The summed E-state index contributed by atoms with van der Waals surface area (Å²) in [6.45, 7) is 7.85. The first-order valence-corrected chi connectivity index (χ1v) is 15.8. The van der Waals surface area contributed by atoms with Crippen molar-refractivity contribution in [2.24, 2.45) is 11.8 Å². The van der Waals surface area contributed by atoms with Gasteiger partial charge in [-0.05, 0) is 60.6 Å². The van der Waals surface area contributed by atoms with E-state index in [1.807, 2.05) is 45.0 Å². The van der Waals surface area contributed by atoms with Crippen LogP contribution in [0, 0.1) is 16.6 Å². The van der Waals surface area contributed by atoms with Gasteiger partial charge in [0.25, 0.3) is 10.0 Å². The highest BCUT2D eigenvalue weighted by Gasteiger charge is 2.29. The molecule has 1 aliphatic heterocycles. The van der Waals surface area contributed by atoms with E-state index < -0.39 is 19.8 Å². The Kier molecular flexibility index (Phi) is 9.12. The Bertz CT molecular complexity index is 1310. The molecule has 0 spiro atoms. The summed E-state index contributed by atoms with van der Waals surface area (Å²) in [5, 5.41) is 3.24. The fourth-order valence-electron chi connectivity index (χ4n) is 4.38. The molecule has 1 amide bonds. The van der Waals surface area contributed by atoms with Crippen molar-refractivity contribution in [3.63, 3.8) is 0 Å². The second-order valence-corrected chi connectivity index (χ2v) is 13.9. The molecule has 2 aromatic carbocycles. The van der Waals surface area contributed by atoms with E-state index in [0.29, 0.717) is 31.0 Å². The topological polar surface area (TPSA) is 120 Å². The van der Waals surface area contributed by atoms with Crippen molar-refractivity contribution in [2.75, 3.05) is 49.2 Å². The zero-order valence-electron chi connectivity index (χ0n) is 22.2. The van der Waals surface area contributed by atoms with Gasteiger partial charge in [-0.1, -0.05) is 32.9 Å². The fourth-order valence-corrected chi connectivity index (χ4v) is 7.02. The van der Waals surface area contributed by atoms with Crippen LogP contribution in [0.15, 0.2) is 52.3 Å². The second kappa shape index (κ2) is 11.7. The summed E-state index contributed by atoms with van der Waals surface area (Å²) >= 11 is 0. The summed E-state index contributed by atoms with van der Waals surface area (Å²) in [5.74, 6) is 0.227. The SMILES string of the molecule is CCc1ccc(N(CC(C)C)S(=O)(=O)c2ccc(NCC3CCN(C(=O)OC)C3)c(S(C)(=N)=O)c2)cc1. The van der Waals surface area contributed by atoms with Gasteiger partial charge in [0.1, 0.15) is 0 Å². The molecular weight excluding hydrogens is 512 g/mol. The molecule has 0 radical (unpaired) electrons. The maximum absolute atomic E-state index is 13.8. The number of ether oxygens (including phenoxy) is 1. The van der Waals surface area contributed by atoms with Crippen molar-refractivity contribution in [3.8, 4) is 0 Å². The maximum atomic E-state index is 13.8. The fraction of sp³-hybridized carbons (Fsp3) is 0.500. The minimum absolute atomic E-state index is 0.00664. The second-order valence-electron chi connectivity index (χ2n) is 9.90. The first-order chi connectivity index (χ1) is 17.4. The number of amides is 1. The molecule has 37 heavy (non-hydrogen) atoms. The van der Waals surface area contributed by atoms with Gasteiger partial charge in [0.15, 0.2) is 0 Å². The number of aryl methyl sites for hydroxylation is 1. The molecule has 1 saturated heterocycles. The summed E-state index contributed by atoms with van der Waals surface area (Å²) in [6.07, 6.45) is 2.56. The van der Waals surface area contributed by atoms with Crippen LogP contribution in [-0.4, -0.2) is 63.2 Å². The van der Waals surface area contributed by atoms with Crippen molar-refractivity contribution < 1.29 is 22.2 Å². The highest BCUT2D eigenvalue weighted by molar-refractivity contribution is 7.93. The number of hydrogen-bond donors (Lipinski definition) is 2. The van der Waals surface area contributed by atoms with Gasteiger partial charge in [-0.25, -0.2) is 22.2 Å². The molecule has 0 aliphatic carbocycles. The lowest BCUT2D eigenvalue weighted by Gasteiger charge is -2.27. The summed E-state index contributed by atoms with van der Waals surface area (Å²) in [7, 11) is -5.87. The summed E-state index contributed by atoms with van der Waals surface area (Å²) in [5.41, 5.74) is 2.13. The Hall–Kier alpha value is -2.79. The Labute approximate surface area is 221 Å². The van der Waals surface area contributed by atoms with E-state index >= 15 is 0 Å². The van der Waals surface area contributed by atoms with Crippen LogP contribution in [-0.2, 0) is 30.9 Å². The van der Waals surface area contributed by atoms with E-state index in [-0.39, 0.29) is 34.3 Å². The zero-order chi connectivity index (χ0) is 27.4. The van der Waals surface area contributed by atoms with E-state index in [4.69, 9.17) is 9.52 Å². The highest BCUT2D eigenvalue weighted by Crippen LogP contribution is 2.31. The number of anilines is 2. The zero-order valence-corrected chi connectivity index (χ0v) is 23.8. The molecule has 0 bridgehead atoms. The van der Waals surface area contributed by atoms with E-state index in [1.165, 1.54) is 29.8 Å². The number of sulfonamides is 1. The molecule has 3 rings (SSSR count). The van der Waals surface area contributed by atoms with E-state index in [2.05, 4.69) is 5.32 Å². The molecule has 0 saturated carbocycles. The molecule has 2 aromatic rings. The van der Waals surface area contributed by atoms with E-state index in [1.54, 1.807) is 11.0 Å². The normalized spacial score (nSPS) is 17.5. The number of carbonyl (C=O) groups is 1. The molecule has 204 valence electrons. The number of likely N-dealkylation sites (tertiary alicyclic amines) is 1. The number of methoxy groups -OCH3 is 1. The van der Waals surface area contributed by atoms with E-state index in [0.717, 1.165) is 18.4 Å². The predicted octanol–water partition coefficient (Wildman–Crippen LogP) is 4.64. The highest BCUT2D eigenvalue weighted by atomic mass is 32.2. The number of carbonyl (C=O) groups excluding carboxylic acids is 1. The monoisotopic (exact) mass is 550 g/mol. The smallest absolute Gasteiger partial charge is 0.409 e. The van der Waals surface area contributed by atoms with E-state index in [9.17, 15) is 17.4 Å². The van der Waals surface area contributed by atoms with Gasteiger partial charge in [0, 0.05) is 32.4 Å². The van der Waals surface area contributed by atoms with Crippen LogP contribution in [0.1, 0.15) is 32.8 Å². The van der Waals surface area contributed by atoms with Crippen molar-refractivity contribution in [3.05, 3.63) is 48.0 Å². The minimum atomic E-state index is -3.98. The average molecular weight is 551 g/mol. The summed E-state index contributed by atoms with van der Waals surface area (Å²) in [4.78, 5) is 13.5. The third-order valence-electron chi connectivity index (χ3n) is 6.42. The van der Waals surface area contributed by atoms with Crippen LogP contribution < -0.4 is 9.62 Å². The quantitative estimate of drug-likeness (QED) is 0.445. The average Bonchev–Trinajstić information content (AvgIpc) is 3.34. The van der Waals surface area contributed by atoms with Gasteiger partial charge >= 0.3 is 6.09 Å². The lowest BCUT2D eigenvalue weighted by Crippen LogP contribution is -2.34. The summed E-state index contributed by atoms with van der Waals surface area (Å²) in [6, 6.07) is 11.9. The van der Waals surface area contributed by atoms with Crippen molar-refractivity contribution >= 4 is 37.2 Å². The molecule has 2 atom stereocenters. The van der Waals surface area contributed by atoms with Crippen LogP contribution in [0.3, 0.4) is 0 Å². The molecule has 9 nitrogen and oxygen atoms in total. The Morgan fingerprint density at radius 1 is 1.19 bits per heavy atom. The van der Waals surface area contributed by atoms with Crippen LogP contribution >= 0.6 is 0 Å². The molecule has 2 unspecified atom stereocenters. The maximum Gasteiger partial charge on any atom is 0.409 e. The lowest BCUT2D eigenvalue weighted by molar-refractivity contribution is 0.131. The van der Waals surface area contributed by atoms with Gasteiger partial charge in [-0.15, -0.1) is 0 Å². The molecule has 1 heterocycles. The number of nitrogens with zero attached hydrogens (tertiary/aromatic N) is 2. The lowest BCUT2D eigenvalue weighted by atomic mass is 10.1.